The summed E-state index contributed by atoms with van der Waals surface area (Å²) in [5.41, 5.74) is 0. The second kappa shape index (κ2) is 2.77. The van der Waals surface area contributed by atoms with Crippen LogP contribution < -0.4 is 5.32 Å². The van der Waals surface area contributed by atoms with Crippen LogP contribution in [0.2, 0.25) is 0 Å². The van der Waals surface area contributed by atoms with Crippen LogP contribution in [-0.4, -0.2) is 31.0 Å². The summed E-state index contributed by atoms with van der Waals surface area (Å²) in [5, 5.41) is 3.10. The molecule has 4 heteroatoms. The molecule has 0 bridgehead atoms. The molecule has 0 saturated carbocycles. The van der Waals surface area contributed by atoms with E-state index in [4.69, 9.17) is 4.74 Å². The number of rotatable bonds is 1. The van der Waals surface area contributed by atoms with Gasteiger partial charge in [-0.25, -0.2) is 0 Å². The molecule has 0 aromatic rings. The number of carbonyl (C=O) groups is 1. The molecule has 0 radical (unpaired) electrons. The predicted molar refractivity (Wildman–Crippen MR) is 44.0 cm³/mol. The van der Waals surface area contributed by atoms with Gasteiger partial charge in [0.1, 0.15) is 17.9 Å². The Hall–Kier alpha value is -1.06. The highest BCUT2D eigenvalue weighted by Crippen LogP contribution is 2.22. The third kappa shape index (κ3) is 1.17. The lowest BCUT2D eigenvalue weighted by molar-refractivity contribution is -0.142. The minimum absolute atomic E-state index is 0.0487. The molecule has 1 N–H and O–H groups in total. The molecular formula is C8H12N2O2. The van der Waals surface area contributed by atoms with Crippen molar-refractivity contribution in [1.29, 1.82) is 0 Å². The first-order valence-corrected chi connectivity index (χ1v) is 4.26. The number of nitrogens with zero attached hydrogens (tertiary/aromatic N) is 1. The number of esters is 1. The van der Waals surface area contributed by atoms with Crippen molar-refractivity contribution < 1.29 is 9.53 Å². The molecule has 0 spiro atoms. The van der Waals surface area contributed by atoms with Crippen LogP contribution in [0.25, 0.3) is 0 Å². The van der Waals surface area contributed by atoms with Crippen molar-refractivity contribution in [3.05, 3.63) is 0 Å². The standard InChI is InChI=1S/C8H12N2O2/c1-5-4-6(8(11)12-5)7-9-2-3-10-7/h5-6H,2-4H2,1H3,(H,9,10). The molecule has 2 aliphatic heterocycles. The molecule has 12 heavy (non-hydrogen) atoms. The average molecular weight is 168 g/mol. The van der Waals surface area contributed by atoms with Gasteiger partial charge in [0, 0.05) is 13.0 Å². The Bertz CT molecular complexity index is 237. The largest absolute Gasteiger partial charge is 0.462 e. The normalized spacial score (nSPS) is 34.4. The van der Waals surface area contributed by atoms with E-state index < -0.39 is 0 Å². The summed E-state index contributed by atoms with van der Waals surface area (Å²) in [5.74, 6) is 0.572. The molecule has 1 fully saturated rings. The van der Waals surface area contributed by atoms with Crippen molar-refractivity contribution in [2.75, 3.05) is 13.1 Å². The van der Waals surface area contributed by atoms with Gasteiger partial charge < -0.3 is 10.1 Å². The topological polar surface area (TPSA) is 50.7 Å². The highest BCUT2D eigenvalue weighted by molar-refractivity contribution is 6.02. The van der Waals surface area contributed by atoms with Gasteiger partial charge in [0.2, 0.25) is 0 Å². The molecule has 2 atom stereocenters. The lowest BCUT2D eigenvalue weighted by Gasteiger charge is -2.04. The van der Waals surface area contributed by atoms with E-state index in [1.165, 1.54) is 0 Å². The fourth-order valence-corrected chi connectivity index (χ4v) is 1.63. The number of amidine groups is 1. The maximum atomic E-state index is 11.2. The highest BCUT2D eigenvalue weighted by Gasteiger charge is 2.36. The Morgan fingerprint density at radius 2 is 2.50 bits per heavy atom. The first-order chi connectivity index (χ1) is 5.77. The van der Waals surface area contributed by atoms with Crippen molar-refractivity contribution in [2.45, 2.75) is 19.4 Å². The molecule has 0 aliphatic carbocycles. The Kier molecular flexibility index (Phi) is 1.75. The molecule has 66 valence electrons. The zero-order chi connectivity index (χ0) is 8.55. The van der Waals surface area contributed by atoms with Gasteiger partial charge in [0.05, 0.1) is 6.54 Å². The fourth-order valence-electron chi connectivity index (χ4n) is 1.63. The summed E-state index contributed by atoms with van der Waals surface area (Å²) in [6.45, 7) is 3.55. The summed E-state index contributed by atoms with van der Waals surface area (Å²) >= 11 is 0. The van der Waals surface area contributed by atoms with E-state index in [-0.39, 0.29) is 18.0 Å². The van der Waals surface area contributed by atoms with Crippen molar-refractivity contribution in [2.24, 2.45) is 10.9 Å². The van der Waals surface area contributed by atoms with E-state index in [0.717, 1.165) is 25.3 Å². The van der Waals surface area contributed by atoms with E-state index in [1.807, 2.05) is 6.92 Å². The van der Waals surface area contributed by atoms with Crippen LogP contribution in [0, 0.1) is 5.92 Å². The van der Waals surface area contributed by atoms with E-state index in [2.05, 4.69) is 10.3 Å². The van der Waals surface area contributed by atoms with Gasteiger partial charge in [-0.15, -0.1) is 0 Å². The van der Waals surface area contributed by atoms with Gasteiger partial charge in [-0.2, -0.15) is 0 Å². The van der Waals surface area contributed by atoms with Crippen LogP contribution in [0.15, 0.2) is 4.99 Å². The molecular weight excluding hydrogens is 156 g/mol. The van der Waals surface area contributed by atoms with Crippen LogP contribution in [0.3, 0.4) is 0 Å². The van der Waals surface area contributed by atoms with Crippen LogP contribution >= 0.6 is 0 Å². The van der Waals surface area contributed by atoms with Gasteiger partial charge >= 0.3 is 5.97 Å². The third-order valence-electron chi connectivity index (χ3n) is 2.20. The van der Waals surface area contributed by atoms with Gasteiger partial charge in [-0.3, -0.25) is 9.79 Å². The number of carbonyl (C=O) groups excluding carboxylic acids is 1. The molecule has 4 nitrogen and oxygen atoms in total. The van der Waals surface area contributed by atoms with Crippen LogP contribution in [0.4, 0.5) is 0 Å². The van der Waals surface area contributed by atoms with Crippen LogP contribution in [0.5, 0.6) is 0 Å². The van der Waals surface area contributed by atoms with Crippen molar-refractivity contribution >= 4 is 11.8 Å². The van der Waals surface area contributed by atoms with Gasteiger partial charge in [-0.1, -0.05) is 0 Å². The van der Waals surface area contributed by atoms with Crippen molar-refractivity contribution in [3.8, 4) is 0 Å². The summed E-state index contributed by atoms with van der Waals surface area (Å²) in [6, 6.07) is 0. The van der Waals surface area contributed by atoms with E-state index in [1.54, 1.807) is 0 Å². The number of nitrogens with one attached hydrogen (secondary N) is 1. The summed E-state index contributed by atoms with van der Waals surface area (Å²) in [6.07, 6.45) is 0.817. The zero-order valence-electron chi connectivity index (χ0n) is 7.04. The molecule has 2 unspecified atom stereocenters. The Labute approximate surface area is 71.0 Å². The lowest BCUT2D eigenvalue weighted by Crippen LogP contribution is -2.29. The highest BCUT2D eigenvalue weighted by atomic mass is 16.5. The van der Waals surface area contributed by atoms with E-state index in [0.29, 0.717) is 0 Å². The molecule has 0 amide bonds. The van der Waals surface area contributed by atoms with Crippen LogP contribution in [-0.2, 0) is 9.53 Å². The summed E-state index contributed by atoms with van der Waals surface area (Å²) in [7, 11) is 0. The van der Waals surface area contributed by atoms with Crippen molar-refractivity contribution in [3.63, 3.8) is 0 Å². The minimum atomic E-state index is -0.129. The average Bonchev–Trinajstić information content (AvgIpc) is 2.58. The third-order valence-corrected chi connectivity index (χ3v) is 2.20. The maximum Gasteiger partial charge on any atom is 0.317 e. The minimum Gasteiger partial charge on any atom is -0.462 e. The monoisotopic (exact) mass is 168 g/mol. The molecule has 2 heterocycles. The molecule has 0 aromatic carbocycles. The van der Waals surface area contributed by atoms with E-state index >= 15 is 0 Å². The Morgan fingerprint density at radius 1 is 1.67 bits per heavy atom. The SMILES string of the molecule is CC1CC(C2=NCCN2)C(=O)O1. The molecule has 2 aliphatic rings. The number of ether oxygens (including phenoxy) is 1. The number of cyclic esters (lactones) is 1. The molecule has 0 aromatic heterocycles. The molecule has 1 saturated heterocycles. The maximum absolute atomic E-state index is 11.2. The second-order valence-electron chi connectivity index (χ2n) is 3.23. The summed E-state index contributed by atoms with van der Waals surface area (Å²) in [4.78, 5) is 15.4. The molecule has 2 rings (SSSR count). The zero-order valence-corrected chi connectivity index (χ0v) is 7.04. The smallest absolute Gasteiger partial charge is 0.317 e. The van der Waals surface area contributed by atoms with E-state index in [9.17, 15) is 4.79 Å². The summed E-state index contributed by atoms with van der Waals surface area (Å²) < 4.78 is 5.03. The lowest BCUT2D eigenvalue weighted by atomic mass is 10.0. The number of hydrogen-bond donors (Lipinski definition) is 1. The van der Waals surface area contributed by atoms with Crippen LogP contribution in [0.1, 0.15) is 13.3 Å². The van der Waals surface area contributed by atoms with Crippen molar-refractivity contribution in [1.82, 2.24) is 5.32 Å². The first kappa shape index (κ1) is 7.58. The number of aliphatic imine (C=N–C) groups is 1. The van der Waals surface area contributed by atoms with Gasteiger partial charge in [-0.05, 0) is 6.92 Å². The predicted octanol–water partition coefficient (Wildman–Crippen LogP) is -0.0603. The quantitative estimate of drug-likeness (QED) is 0.558. The Morgan fingerprint density at radius 3 is 3.00 bits per heavy atom. The number of hydrogen-bond acceptors (Lipinski definition) is 4. The fraction of sp³-hybridized carbons (Fsp3) is 0.750. The second-order valence-corrected chi connectivity index (χ2v) is 3.23. The Balaban J connectivity index is 2.08. The first-order valence-electron chi connectivity index (χ1n) is 4.26. The van der Waals surface area contributed by atoms with Gasteiger partial charge in [0.25, 0.3) is 0 Å². The van der Waals surface area contributed by atoms with Gasteiger partial charge in [0.15, 0.2) is 0 Å².